The Morgan fingerprint density at radius 1 is 0.842 bits per heavy atom. The van der Waals surface area contributed by atoms with Crippen LogP contribution in [-0.2, 0) is 10.0 Å². The van der Waals surface area contributed by atoms with E-state index in [9.17, 15) is 8.42 Å². The first-order valence-corrected chi connectivity index (χ1v) is 8.10. The standard InChI is InChI=1S/C15H13NO2S/c1-19(17,18)16-14-12-8-4-2-6-10(12)11-7-3-5-9-13(11)15(14)16/h2-9,14-15H,1H3. The summed E-state index contributed by atoms with van der Waals surface area (Å²) in [5.41, 5.74) is 4.56. The van der Waals surface area contributed by atoms with Crippen LogP contribution in [0.5, 0.6) is 0 Å². The molecular weight excluding hydrogens is 258 g/mol. The highest BCUT2D eigenvalue weighted by molar-refractivity contribution is 7.88. The Bertz CT molecular complexity index is 731. The van der Waals surface area contributed by atoms with Crippen molar-refractivity contribution in [3.63, 3.8) is 0 Å². The van der Waals surface area contributed by atoms with Crippen LogP contribution in [0.3, 0.4) is 0 Å². The van der Waals surface area contributed by atoms with Crippen molar-refractivity contribution >= 4 is 10.0 Å². The predicted molar refractivity (Wildman–Crippen MR) is 74.0 cm³/mol. The zero-order valence-electron chi connectivity index (χ0n) is 10.4. The molecule has 4 rings (SSSR count). The molecule has 3 nitrogen and oxygen atoms in total. The lowest BCUT2D eigenvalue weighted by Gasteiger charge is -2.16. The van der Waals surface area contributed by atoms with Gasteiger partial charge in [0.1, 0.15) is 0 Å². The molecular formula is C15H13NO2S. The van der Waals surface area contributed by atoms with Gasteiger partial charge in [-0.05, 0) is 22.3 Å². The van der Waals surface area contributed by atoms with Gasteiger partial charge in [-0.15, -0.1) is 0 Å². The fraction of sp³-hybridized carbons (Fsp3) is 0.200. The molecule has 2 atom stereocenters. The highest BCUT2D eigenvalue weighted by Gasteiger charge is 2.58. The van der Waals surface area contributed by atoms with Crippen LogP contribution in [0.4, 0.5) is 0 Å². The summed E-state index contributed by atoms with van der Waals surface area (Å²) in [6, 6.07) is 16.1. The number of benzene rings is 2. The number of rotatable bonds is 1. The second-order valence-electron chi connectivity index (χ2n) is 5.16. The average molecular weight is 271 g/mol. The third kappa shape index (κ3) is 1.44. The molecule has 2 aromatic carbocycles. The van der Waals surface area contributed by atoms with Gasteiger partial charge >= 0.3 is 0 Å². The Morgan fingerprint density at radius 3 is 1.68 bits per heavy atom. The maximum atomic E-state index is 11.9. The largest absolute Gasteiger partial charge is 0.212 e. The molecule has 0 amide bonds. The quantitative estimate of drug-likeness (QED) is 0.748. The lowest BCUT2D eigenvalue weighted by Crippen LogP contribution is -2.09. The first-order valence-electron chi connectivity index (χ1n) is 6.26. The van der Waals surface area contributed by atoms with Gasteiger partial charge in [-0.1, -0.05) is 48.5 Å². The van der Waals surface area contributed by atoms with Crippen molar-refractivity contribution in [3.8, 4) is 11.1 Å². The SMILES string of the molecule is CS(=O)(=O)N1C2c3ccccc3-c3ccccc3C21. The van der Waals surface area contributed by atoms with Gasteiger partial charge in [-0.3, -0.25) is 0 Å². The topological polar surface area (TPSA) is 37.1 Å². The molecule has 0 bridgehead atoms. The van der Waals surface area contributed by atoms with Gasteiger partial charge in [0.25, 0.3) is 0 Å². The van der Waals surface area contributed by atoms with Crippen molar-refractivity contribution in [3.05, 3.63) is 59.7 Å². The van der Waals surface area contributed by atoms with Gasteiger partial charge in [-0.25, -0.2) is 8.42 Å². The number of sulfonamides is 1. The molecule has 1 heterocycles. The van der Waals surface area contributed by atoms with E-state index in [2.05, 4.69) is 12.1 Å². The summed E-state index contributed by atoms with van der Waals surface area (Å²) in [6.45, 7) is 0. The summed E-state index contributed by atoms with van der Waals surface area (Å²) >= 11 is 0. The molecule has 2 aliphatic rings. The molecule has 2 unspecified atom stereocenters. The van der Waals surface area contributed by atoms with Crippen molar-refractivity contribution in [1.82, 2.24) is 4.31 Å². The minimum atomic E-state index is -3.16. The van der Waals surface area contributed by atoms with Gasteiger partial charge < -0.3 is 0 Å². The minimum absolute atomic E-state index is 0.0129. The smallest absolute Gasteiger partial charge is 0.212 e. The monoisotopic (exact) mass is 271 g/mol. The number of hydrogen-bond acceptors (Lipinski definition) is 2. The molecule has 96 valence electrons. The summed E-state index contributed by atoms with van der Waals surface area (Å²) in [5, 5.41) is 0. The summed E-state index contributed by atoms with van der Waals surface area (Å²) < 4.78 is 25.4. The van der Waals surface area contributed by atoms with E-state index in [0.717, 1.165) is 22.3 Å². The van der Waals surface area contributed by atoms with E-state index >= 15 is 0 Å². The van der Waals surface area contributed by atoms with E-state index in [0.29, 0.717) is 0 Å². The summed E-state index contributed by atoms with van der Waals surface area (Å²) in [6.07, 6.45) is 1.29. The lowest BCUT2D eigenvalue weighted by molar-refractivity contribution is 0.555. The second-order valence-corrected chi connectivity index (χ2v) is 7.04. The van der Waals surface area contributed by atoms with Gasteiger partial charge in [0, 0.05) is 0 Å². The molecule has 0 N–H and O–H groups in total. The van der Waals surface area contributed by atoms with E-state index in [4.69, 9.17) is 0 Å². The zero-order valence-corrected chi connectivity index (χ0v) is 11.3. The van der Waals surface area contributed by atoms with Crippen LogP contribution in [0.2, 0.25) is 0 Å². The van der Waals surface area contributed by atoms with E-state index in [1.54, 1.807) is 4.31 Å². The molecule has 1 aliphatic heterocycles. The maximum absolute atomic E-state index is 11.9. The molecule has 0 saturated carbocycles. The minimum Gasteiger partial charge on any atom is -0.212 e. The molecule has 0 aromatic heterocycles. The first kappa shape index (κ1) is 11.2. The van der Waals surface area contributed by atoms with Crippen LogP contribution >= 0.6 is 0 Å². The van der Waals surface area contributed by atoms with E-state index < -0.39 is 10.0 Å². The van der Waals surface area contributed by atoms with Gasteiger partial charge in [-0.2, -0.15) is 4.31 Å². The third-order valence-electron chi connectivity index (χ3n) is 3.99. The van der Waals surface area contributed by atoms with E-state index in [1.807, 2.05) is 36.4 Å². The van der Waals surface area contributed by atoms with Crippen LogP contribution in [0.1, 0.15) is 23.2 Å². The van der Waals surface area contributed by atoms with Gasteiger partial charge in [0.2, 0.25) is 10.0 Å². The molecule has 2 aromatic rings. The van der Waals surface area contributed by atoms with Crippen LogP contribution in [-0.4, -0.2) is 19.0 Å². The van der Waals surface area contributed by atoms with Crippen LogP contribution in [0.25, 0.3) is 11.1 Å². The van der Waals surface area contributed by atoms with Crippen molar-refractivity contribution in [1.29, 1.82) is 0 Å². The Kier molecular flexibility index (Phi) is 2.04. The van der Waals surface area contributed by atoms with Crippen molar-refractivity contribution in [2.45, 2.75) is 12.1 Å². The molecule has 1 aliphatic carbocycles. The van der Waals surface area contributed by atoms with Crippen molar-refractivity contribution in [2.24, 2.45) is 0 Å². The summed E-state index contributed by atoms with van der Waals surface area (Å²) in [4.78, 5) is 0. The lowest BCUT2D eigenvalue weighted by atomic mass is 9.86. The first-order chi connectivity index (χ1) is 9.09. The van der Waals surface area contributed by atoms with Crippen molar-refractivity contribution < 1.29 is 8.42 Å². The fourth-order valence-electron chi connectivity index (χ4n) is 3.24. The Morgan fingerprint density at radius 2 is 1.26 bits per heavy atom. The Hall–Kier alpha value is -1.65. The van der Waals surface area contributed by atoms with Gasteiger partial charge in [0.15, 0.2) is 0 Å². The molecule has 0 spiro atoms. The Balaban J connectivity index is 2.01. The molecule has 4 heteroatoms. The predicted octanol–water partition coefficient (Wildman–Crippen LogP) is 2.72. The van der Waals surface area contributed by atoms with Gasteiger partial charge in [0.05, 0.1) is 18.3 Å². The number of nitrogens with zero attached hydrogens (tertiary/aromatic N) is 1. The summed E-state index contributed by atoms with van der Waals surface area (Å²) in [5.74, 6) is 0. The van der Waals surface area contributed by atoms with Crippen LogP contribution < -0.4 is 0 Å². The number of fused-ring (bicyclic) bond motifs is 6. The third-order valence-corrected chi connectivity index (χ3v) is 5.21. The second kappa shape index (κ2) is 3.46. The summed E-state index contributed by atoms with van der Waals surface area (Å²) in [7, 11) is -3.16. The van der Waals surface area contributed by atoms with Crippen LogP contribution in [0, 0.1) is 0 Å². The van der Waals surface area contributed by atoms with E-state index in [-0.39, 0.29) is 12.1 Å². The molecule has 0 radical (unpaired) electrons. The fourth-order valence-corrected chi connectivity index (χ4v) is 4.47. The van der Waals surface area contributed by atoms with E-state index in [1.165, 1.54) is 6.26 Å². The molecule has 1 saturated heterocycles. The van der Waals surface area contributed by atoms with Crippen molar-refractivity contribution in [2.75, 3.05) is 6.26 Å². The highest BCUT2D eigenvalue weighted by atomic mass is 32.2. The normalized spacial score (nSPS) is 27.1. The highest BCUT2D eigenvalue weighted by Crippen LogP contribution is 2.62. The maximum Gasteiger partial charge on any atom is 0.212 e. The average Bonchev–Trinajstić information content (AvgIpc) is 3.15. The zero-order chi connectivity index (χ0) is 13.2. The molecule has 1 fully saturated rings. The van der Waals surface area contributed by atoms with Crippen LogP contribution in [0.15, 0.2) is 48.5 Å². The number of hydrogen-bond donors (Lipinski definition) is 0. The Labute approximate surface area is 112 Å². The molecule has 19 heavy (non-hydrogen) atoms.